The summed E-state index contributed by atoms with van der Waals surface area (Å²) in [5.41, 5.74) is 19.3. The Morgan fingerprint density at radius 3 is 1.74 bits per heavy atom. The van der Waals surface area contributed by atoms with Crippen molar-refractivity contribution in [2.75, 3.05) is 16.5 Å². The molecule has 65 heavy (non-hydrogen) atoms. The number of aromatic nitrogens is 2. The molecule has 0 fully saturated rings. The van der Waals surface area contributed by atoms with Crippen LogP contribution in [0, 0.1) is 0 Å². The normalized spacial score (nSPS) is 13.8. The topological polar surface area (TPSA) is 24.3 Å². The number of anilines is 4. The van der Waals surface area contributed by atoms with Crippen LogP contribution in [0.3, 0.4) is 0 Å². The molecule has 0 spiro atoms. The van der Waals surface area contributed by atoms with Gasteiger partial charge in [-0.05, 0) is 128 Å². The van der Waals surface area contributed by atoms with Crippen LogP contribution in [0.5, 0.6) is 0 Å². The van der Waals surface area contributed by atoms with Crippen LogP contribution in [0.25, 0.3) is 49.9 Å². The molecular formula is C61H50N4. The first kappa shape index (κ1) is 38.9. The third-order valence-corrected chi connectivity index (χ3v) is 14.1. The Morgan fingerprint density at radius 2 is 1.03 bits per heavy atom. The Kier molecular flexibility index (Phi) is 9.13. The van der Waals surface area contributed by atoms with Gasteiger partial charge in [0.2, 0.25) is 0 Å². The molecular weight excluding hydrogens is 789 g/mol. The van der Waals surface area contributed by atoms with E-state index in [2.05, 4.69) is 242 Å². The van der Waals surface area contributed by atoms with Crippen molar-refractivity contribution in [2.24, 2.45) is 0 Å². The monoisotopic (exact) mass is 838 g/mol. The summed E-state index contributed by atoms with van der Waals surface area (Å²) < 4.78 is 2.40. The minimum atomic E-state index is -0.616. The van der Waals surface area contributed by atoms with E-state index in [1.807, 2.05) is 6.20 Å². The van der Waals surface area contributed by atoms with Crippen LogP contribution >= 0.6 is 0 Å². The lowest BCUT2D eigenvalue weighted by atomic mass is 9.67. The molecule has 0 atom stereocenters. The van der Waals surface area contributed by atoms with Crippen molar-refractivity contribution in [3.8, 4) is 28.1 Å². The second-order valence-corrected chi connectivity index (χ2v) is 18.3. The fraction of sp³-hybridized carbons (Fsp3) is 0.131. The number of rotatable bonds is 8. The van der Waals surface area contributed by atoms with E-state index in [9.17, 15) is 0 Å². The first-order chi connectivity index (χ1) is 31.9. The van der Waals surface area contributed by atoms with E-state index in [4.69, 9.17) is 4.98 Å². The molecule has 0 amide bonds. The van der Waals surface area contributed by atoms with Gasteiger partial charge < -0.3 is 9.80 Å². The average molecular weight is 839 g/mol. The third-order valence-electron chi connectivity index (χ3n) is 14.1. The standard InChI is InChI=1S/C61H50N4/c1-40(2)47-25-17-26-48(41(3)4)60(47)42-34-35-62-59(36-42)65-55-29-13-10-24-51(55)52-33-32-44(38-58(52)65)61(53-27-11-8-22-49(53)50-23-9-12-28-54(50)61)43-18-16-21-46(37-43)64-39-63(45-19-6-5-7-20-45)56-30-14-15-31-57(56)64/h5-38,40-41H,39H2,1-4H3. The van der Waals surface area contributed by atoms with E-state index in [0.717, 1.165) is 22.5 Å². The van der Waals surface area contributed by atoms with E-state index in [1.54, 1.807) is 0 Å². The molecule has 0 unspecified atom stereocenters. The Morgan fingerprint density at radius 1 is 0.462 bits per heavy atom. The van der Waals surface area contributed by atoms with Gasteiger partial charge in [0, 0.05) is 28.3 Å². The van der Waals surface area contributed by atoms with Gasteiger partial charge in [-0.1, -0.05) is 167 Å². The largest absolute Gasteiger partial charge is 0.321 e. The zero-order valence-corrected chi connectivity index (χ0v) is 37.3. The summed E-state index contributed by atoms with van der Waals surface area (Å²) in [5.74, 6) is 1.68. The highest BCUT2D eigenvalue weighted by Crippen LogP contribution is 2.57. The van der Waals surface area contributed by atoms with Crippen LogP contribution in [0.4, 0.5) is 22.7 Å². The molecule has 0 saturated heterocycles. The van der Waals surface area contributed by atoms with Gasteiger partial charge in [0.05, 0.1) is 27.8 Å². The van der Waals surface area contributed by atoms with Crippen molar-refractivity contribution in [3.63, 3.8) is 0 Å². The highest BCUT2D eigenvalue weighted by atomic mass is 15.4. The number of hydrogen-bond donors (Lipinski definition) is 0. The smallest absolute Gasteiger partial charge is 0.138 e. The number of hydrogen-bond acceptors (Lipinski definition) is 3. The van der Waals surface area contributed by atoms with E-state index < -0.39 is 5.41 Å². The molecule has 2 aliphatic rings. The van der Waals surface area contributed by atoms with Gasteiger partial charge in [-0.25, -0.2) is 4.98 Å². The molecule has 8 aromatic carbocycles. The maximum absolute atomic E-state index is 5.19. The second kappa shape index (κ2) is 15.2. The molecule has 1 aliphatic carbocycles. The van der Waals surface area contributed by atoms with Crippen LogP contribution in [-0.2, 0) is 5.41 Å². The summed E-state index contributed by atoms with van der Waals surface area (Å²) in [4.78, 5) is 10.1. The molecule has 314 valence electrons. The summed E-state index contributed by atoms with van der Waals surface area (Å²) in [5, 5.41) is 2.42. The summed E-state index contributed by atoms with van der Waals surface area (Å²) in [6, 6.07) is 74.3. The lowest BCUT2D eigenvalue weighted by Crippen LogP contribution is -2.29. The van der Waals surface area contributed by atoms with Gasteiger partial charge >= 0.3 is 0 Å². The highest BCUT2D eigenvalue weighted by Gasteiger charge is 2.46. The number of benzene rings is 8. The van der Waals surface area contributed by atoms with Crippen molar-refractivity contribution in [3.05, 3.63) is 240 Å². The van der Waals surface area contributed by atoms with Crippen molar-refractivity contribution >= 4 is 44.6 Å². The average Bonchev–Trinajstić information content (AvgIpc) is 4.01. The van der Waals surface area contributed by atoms with E-state index in [-0.39, 0.29) is 0 Å². The van der Waals surface area contributed by atoms with Crippen LogP contribution in [-0.4, -0.2) is 16.2 Å². The predicted octanol–water partition coefficient (Wildman–Crippen LogP) is 15.7. The SMILES string of the molecule is CC(C)c1cccc(C(C)C)c1-c1ccnc(-n2c3ccccc3c3ccc(C4(c5cccc(N6CN(c7ccccc7)c7ccccc76)c5)c5ccccc5-c5ccccc54)cc32)c1. The maximum Gasteiger partial charge on any atom is 0.138 e. The lowest BCUT2D eigenvalue weighted by molar-refractivity contribution is 0.768. The van der Waals surface area contributed by atoms with Gasteiger partial charge in [0.25, 0.3) is 0 Å². The van der Waals surface area contributed by atoms with Crippen molar-refractivity contribution in [2.45, 2.75) is 44.9 Å². The molecule has 4 heteroatoms. The quantitative estimate of drug-likeness (QED) is 0.152. The van der Waals surface area contributed by atoms with Crippen molar-refractivity contribution < 1.29 is 0 Å². The Balaban J connectivity index is 1.09. The van der Waals surface area contributed by atoms with Gasteiger partial charge in [-0.2, -0.15) is 0 Å². The fourth-order valence-corrected chi connectivity index (χ4v) is 11.2. The zero-order chi connectivity index (χ0) is 43.8. The Labute approximate surface area is 381 Å². The molecule has 0 radical (unpaired) electrons. The van der Waals surface area contributed by atoms with Crippen molar-refractivity contribution in [1.82, 2.24) is 9.55 Å². The van der Waals surface area contributed by atoms with Crippen LogP contribution in [0.1, 0.15) is 72.9 Å². The van der Waals surface area contributed by atoms with Crippen molar-refractivity contribution in [1.29, 1.82) is 0 Å². The summed E-state index contributed by atoms with van der Waals surface area (Å²) >= 11 is 0. The molecule has 4 nitrogen and oxygen atoms in total. The van der Waals surface area contributed by atoms with Crippen LogP contribution < -0.4 is 9.80 Å². The summed E-state index contributed by atoms with van der Waals surface area (Å²) in [7, 11) is 0. The highest BCUT2D eigenvalue weighted by molar-refractivity contribution is 6.09. The summed E-state index contributed by atoms with van der Waals surface area (Å²) in [6.45, 7) is 9.91. The first-order valence-corrected chi connectivity index (χ1v) is 23.0. The molecule has 2 aromatic heterocycles. The van der Waals surface area contributed by atoms with Crippen LogP contribution in [0.15, 0.2) is 206 Å². The van der Waals surface area contributed by atoms with Gasteiger partial charge in [-0.3, -0.25) is 4.57 Å². The number of pyridine rings is 1. The predicted molar refractivity (Wildman–Crippen MR) is 272 cm³/mol. The molecule has 12 rings (SSSR count). The first-order valence-electron chi connectivity index (χ1n) is 23.0. The Bertz CT molecular complexity index is 3380. The Hall–Kier alpha value is -7.69. The molecule has 0 N–H and O–H groups in total. The van der Waals surface area contributed by atoms with Gasteiger partial charge in [-0.15, -0.1) is 0 Å². The third kappa shape index (κ3) is 5.93. The van der Waals surface area contributed by atoms with Crippen LogP contribution in [0.2, 0.25) is 0 Å². The van der Waals surface area contributed by atoms with E-state index in [0.29, 0.717) is 18.5 Å². The second-order valence-electron chi connectivity index (χ2n) is 18.3. The lowest BCUT2D eigenvalue weighted by Gasteiger charge is -2.35. The number of nitrogens with zero attached hydrogens (tertiary/aromatic N) is 4. The van der Waals surface area contributed by atoms with Gasteiger partial charge in [0.1, 0.15) is 12.5 Å². The minimum Gasteiger partial charge on any atom is -0.321 e. The molecule has 1 aliphatic heterocycles. The van der Waals surface area contributed by atoms with Gasteiger partial charge in [0.15, 0.2) is 0 Å². The maximum atomic E-state index is 5.19. The molecule has 10 aromatic rings. The summed E-state index contributed by atoms with van der Waals surface area (Å²) in [6.07, 6.45) is 2.00. The molecule has 3 heterocycles. The van der Waals surface area contributed by atoms with E-state index in [1.165, 1.54) is 83.5 Å². The minimum absolute atomic E-state index is 0.381. The van der Waals surface area contributed by atoms with E-state index >= 15 is 0 Å². The fourth-order valence-electron chi connectivity index (χ4n) is 11.2. The molecule has 0 bridgehead atoms. The zero-order valence-electron chi connectivity index (χ0n) is 37.3. The number of fused-ring (bicyclic) bond motifs is 7. The number of para-hydroxylation sites is 4. The molecule has 0 saturated carbocycles.